The van der Waals surface area contributed by atoms with Gasteiger partial charge in [-0.25, -0.2) is 0 Å². The van der Waals surface area contributed by atoms with E-state index in [-0.39, 0.29) is 11.8 Å². The topological polar surface area (TPSA) is 64.7 Å². The van der Waals surface area contributed by atoms with Crippen LogP contribution in [0.15, 0.2) is 82.6 Å². The molecular weight excluding hydrogens is 456 g/mol. The van der Waals surface area contributed by atoms with Crippen molar-refractivity contribution in [2.75, 3.05) is 44.6 Å². The van der Waals surface area contributed by atoms with Gasteiger partial charge in [-0.2, -0.15) is 0 Å². The summed E-state index contributed by atoms with van der Waals surface area (Å²) in [7, 11) is 0. The Morgan fingerprint density at radius 2 is 1.63 bits per heavy atom. The van der Waals surface area contributed by atoms with Gasteiger partial charge in [-0.15, -0.1) is 0 Å². The number of benzene rings is 3. The summed E-state index contributed by atoms with van der Waals surface area (Å²) in [4.78, 5) is 32.2. The van der Waals surface area contributed by atoms with Crippen LogP contribution in [0.3, 0.4) is 0 Å². The monoisotopic (exact) mass is 486 g/mol. The van der Waals surface area contributed by atoms with E-state index >= 15 is 0 Å². The first kappa shape index (κ1) is 23.6. The highest BCUT2D eigenvalue weighted by molar-refractivity contribution is 7.99. The predicted octanol–water partition coefficient (Wildman–Crippen LogP) is 4.34. The number of carbonyl (C=O) groups is 2. The van der Waals surface area contributed by atoms with E-state index in [9.17, 15) is 9.59 Å². The fourth-order valence-electron chi connectivity index (χ4n) is 4.53. The van der Waals surface area contributed by atoms with Gasteiger partial charge >= 0.3 is 0 Å². The molecule has 0 bridgehead atoms. The molecule has 1 saturated heterocycles. The number of nitrogens with one attached hydrogen (secondary N) is 2. The van der Waals surface area contributed by atoms with Crippen LogP contribution in [0.25, 0.3) is 0 Å². The third kappa shape index (κ3) is 5.93. The highest BCUT2D eigenvalue weighted by atomic mass is 32.2. The quantitative estimate of drug-likeness (QED) is 0.487. The van der Waals surface area contributed by atoms with E-state index in [4.69, 9.17) is 0 Å². The van der Waals surface area contributed by atoms with Crippen molar-refractivity contribution < 1.29 is 9.59 Å². The fourth-order valence-corrected chi connectivity index (χ4v) is 5.54. The van der Waals surface area contributed by atoms with E-state index in [0.717, 1.165) is 55.5 Å². The minimum atomic E-state index is -0.145. The summed E-state index contributed by atoms with van der Waals surface area (Å²) >= 11 is 1.54. The molecule has 3 aromatic rings. The minimum absolute atomic E-state index is 0.110. The third-order valence-corrected chi connectivity index (χ3v) is 7.64. The molecule has 35 heavy (non-hydrogen) atoms. The summed E-state index contributed by atoms with van der Waals surface area (Å²) in [5, 5.41) is 5.99. The Kier molecular flexibility index (Phi) is 7.47. The van der Waals surface area contributed by atoms with Crippen LogP contribution < -0.4 is 10.6 Å². The van der Waals surface area contributed by atoms with Crippen LogP contribution >= 0.6 is 11.8 Å². The first-order valence-corrected chi connectivity index (χ1v) is 13.0. The van der Waals surface area contributed by atoms with Gasteiger partial charge in [0.15, 0.2) is 0 Å². The molecule has 2 aliphatic rings. The first-order chi connectivity index (χ1) is 17.2. The van der Waals surface area contributed by atoms with Crippen molar-refractivity contribution in [2.24, 2.45) is 0 Å². The van der Waals surface area contributed by atoms with Gasteiger partial charge < -0.3 is 15.5 Å². The van der Waals surface area contributed by atoms with E-state index in [1.54, 1.807) is 17.8 Å². The lowest BCUT2D eigenvalue weighted by molar-refractivity contribution is 0.0945. The Morgan fingerprint density at radius 1 is 0.886 bits per heavy atom. The molecule has 0 atom stereocenters. The molecule has 1 fully saturated rings. The highest BCUT2D eigenvalue weighted by Gasteiger charge is 2.21. The Balaban J connectivity index is 1.07. The summed E-state index contributed by atoms with van der Waals surface area (Å²) in [5.41, 5.74) is 3.26. The van der Waals surface area contributed by atoms with Gasteiger partial charge in [0.1, 0.15) is 0 Å². The smallest absolute Gasteiger partial charge is 0.256 e. The fraction of sp³-hybridized carbons (Fsp3) is 0.286. The van der Waals surface area contributed by atoms with Crippen LogP contribution in [-0.2, 0) is 6.54 Å². The maximum absolute atomic E-state index is 12.7. The molecule has 0 aliphatic carbocycles. The first-order valence-electron chi connectivity index (χ1n) is 12.1. The van der Waals surface area contributed by atoms with Crippen LogP contribution in [-0.4, -0.2) is 60.9 Å². The molecule has 0 spiro atoms. The second-order valence-corrected chi connectivity index (χ2v) is 10.1. The second kappa shape index (κ2) is 11.1. The van der Waals surface area contributed by atoms with E-state index < -0.39 is 0 Å². The summed E-state index contributed by atoms with van der Waals surface area (Å²) < 4.78 is 0. The number of hydrogen-bond donors (Lipinski definition) is 2. The molecule has 7 heteroatoms. The zero-order valence-corrected chi connectivity index (χ0v) is 20.5. The normalized spacial score (nSPS) is 16.1. The molecule has 0 saturated carbocycles. The van der Waals surface area contributed by atoms with Crippen molar-refractivity contribution in [1.29, 1.82) is 0 Å². The van der Waals surface area contributed by atoms with E-state index in [2.05, 4.69) is 50.8 Å². The van der Waals surface area contributed by atoms with Gasteiger partial charge in [0, 0.05) is 54.6 Å². The minimum Gasteiger partial charge on any atom is -0.352 e. The number of carbonyl (C=O) groups excluding carboxylic acids is 2. The van der Waals surface area contributed by atoms with Crippen molar-refractivity contribution in [1.82, 2.24) is 15.1 Å². The summed E-state index contributed by atoms with van der Waals surface area (Å²) in [6.45, 7) is 6.89. The molecule has 0 radical (unpaired) electrons. The summed E-state index contributed by atoms with van der Waals surface area (Å²) in [5.74, 6) is -0.255. The number of piperazine rings is 1. The molecule has 2 amide bonds. The number of rotatable bonds is 7. The molecule has 2 aliphatic heterocycles. The van der Waals surface area contributed by atoms with Crippen LogP contribution in [0.5, 0.6) is 0 Å². The Hall–Kier alpha value is -3.13. The predicted molar refractivity (Wildman–Crippen MR) is 140 cm³/mol. The summed E-state index contributed by atoms with van der Waals surface area (Å²) in [6, 6.07) is 23.7. The molecule has 5 rings (SSSR count). The van der Waals surface area contributed by atoms with E-state index in [1.807, 2.05) is 36.4 Å². The van der Waals surface area contributed by atoms with Crippen molar-refractivity contribution in [3.05, 3.63) is 89.5 Å². The lowest BCUT2D eigenvalue weighted by Crippen LogP contribution is -2.46. The van der Waals surface area contributed by atoms with Gasteiger partial charge in [-0.05, 0) is 48.9 Å². The van der Waals surface area contributed by atoms with E-state index in [0.29, 0.717) is 23.4 Å². The zero-order valence-electron chi connectivity index (χ0n) is 19.7. The summed E-state index contributed by atoms with van der Waals surface area (Å²) in [6.07, 6.45) is 0.914. The lowest BCUT2D eigenvalue weighted by Gasteiger charge is -2.34. The molecule has 0 aromatic heterocycles. The molecule has 0 unspecified atom stereocenters. The van der Waals surface area contributed by atoms with Crippen molar-refractivity contribution in [3.8, 4) is 0 Å². The molecule has 180 valence electrons. The Bertz CT molecular complexity index is 1190. The van der Waals surface area contributed by atoms with Gasteiger partial charge in [0.2, 0.25) is 0 Å². The Morgan fingerprint density at radius 3 is 2.46 bits per heavy atom. The number of amides is 2. The average Bonchev–Trinajstić information content (AvgIpc) is 3.03. The van der Waals surface area contributed by atoms with Crippen LogP contribution in [0.1, 0.15) is 32.7 Å². The lowest BCUT2D eigenvalue weighted by atomic mass is 10.1. The van der Waals surface area contributed by atoms with Crippen LogP contribution in [0, 0.1) is 0 Å². The maximum Gasteiger partial charge on any atom is 0.256 e. The van der Waals surface area contributed by atoms with Crippen molar-refractivity contribution >= 4 is 29.3 Å². The van der Waals surface area contributed by atoms with Gasteiger partial charge in [0.25, 0.3) is 11.8 Å². The van der Waals surface area contributed by atoms with Gasteiger partial charge in [-0.3, -0.25) is 14.5 Å². The van der Waals surface area contributed by atoms with Gasteiger partial charge in [0.05, 0.1) is 11.3 Å². The molecule has 2 heterocycles. The third-order valence-electron chi connectivity index (χ3n) is 6.49. The number of anilines is 1. The van der Waals surface area contributed by atoms with Crippen molar-refractivity contribution in [2.45, 2.75) is 22.8 Å². The number of fused-ring (bicyclic) bond motifs is 2. The maximum atomic E-state index is 12.7. The number of nitrogens with zero attached hydrogens (tertiary/aromatic N) is 2. The molecule has 3 aromatic carbocycles. The van der Waals surface area contributed by atoms with Crippen LogP contribution in [0.2, 0.25) is 0 Å². The van der Waals surface area contributed by atoms with Crippen molar-refractivity contribution in [3.63, 3.8) is 0 Å². The van der Waals surface area contributed by atoms with Gasteiger partial charge in [-0.1, -0.05) is 54.2 Å². The molecule has 6 nitrogen and oxygen atoms in total. The highest BCUT2D eigenvalue weighted by Crippen LogP contribution is 2.38. The Labute approximate surface area is 210 Å². The molecular formula is C28H30N4O2S. The largest absolute Gasteiger partial charge is 0.352 e. The SMILES string of the molecule is O=C(NCCCN1CCN(Cc2ccccc2)CC1)c1ccc2c(c1)NC(=O)c1ccccc1S2. The van der Waals surface area contributed by atoms with Crippen LogP contribution in [0.4, 0.5) is 5.69 Å². The standard InChI is InChI=1S/C28H30N4O2S/c33-27(22-11-12-26-24(19-22)30-28(34)23-9-4-5-10-25(23)35-26)29-13-6-14-31-15-17-32(18-16-31)20-21-7-2-1-3-8-21/h1-5,7-12,19H,6,13-18,20H2,(H,29,33)(H,30,34). The zero-order chi connectivity index (χ0) is 24.0. The molecule has 2 N–H and O–H groups in total. The average molecular weight is 487 g/mol. The number of hydrogen-bond acceptors (Lipinski definition) is 5. The van der Waals surface area contributed by atoms with E-state index in [1.165, 1.54) is 5.56 Å². The second-order valence-electron chi connectivity index (χ2n) is 8.98.